The Bertz CT molecular complexity index is 1750. The highest BCUT2D eigenvalue weighted by Crippen LogP contribution is 2.37. The van der Waals surface area contributed by atoms with Gasteiger partial charge in [0, 0.05) is 42.3 Å². The lowest BCUT2D eigenvalue weighted by molar-refractivity contribution is -0.153. The van der Waals surface area contributed by atoms with Crippen molar-refractivity contribution < 1.29 is 32.6 Å². The number of hydrogen-bond acceptors (Lipinski definition) is 9. The maximum Gasteiger partial charge on any atom is 0.387 e. The van der Waals surface area contributed by atoms with Crippen molar-refractivity contribution in [3.8, 4) is 17.0 Å². The van der Waals surface area contributed by atoms with Crippen molar-refractivity contribution in [3.63, 3.8) is 0 Å². The number of esters is 1. The maximum atomic E-state index is 13.4. The number of piperidine rings is 2. The fourth-order valence-corrected chi connectivity index (χ4v) is 6.00. The van der Waals surface area contributed by atoms with Crippen LogP contribution < -0.4 is 15.4 Å². The number of amides is 2. The number of likely N-dealkylation sites (tertiary alicyclic amines) is 1. The van der Waals surface area contributed by atoms with E-state index in [1.807, 2.05) is 0 Å². The number of fused-ring (bicyclic) bond motifs is 1. The number of halogens is 3. The van der Waals surface area contributed by atoms with Gasteiger partial charge in [-0.2, -0.15) is 19.0 Å². The largest absolute Gasteiger partial charge is 0.465 e. The monoisotopic (exact) mass is 670 g/mol. The molecule has 13 nitrogen and oxygen atoms in total. The predicted molar refractivity (Wildman–Crippen MR) is 166 cm³/mol. The van der Waals surface area contributed by atoms with Crippen molar-refractivity contribution >= 4 is 40.7 Å². The van der Waals surface area contributed by atoms with Gasteiger partial charge in [-0.25, -0.2) is 9.50 Å². The number of hydrogen-bond donors (Lipinski definition) is 2. The summed E-state index contributed by atoms with van der Waals surface area (Å²) in [6, 6.07) is 5.71. The van der Waals surface area contributed by atoms with Crippen LogP contribution >= 0.6 is 11.6 Å². The molecule has 0 atom stereocenters. The number of nitrogens with zero attached hydrogens (tertiary/aromatic N) is 6. The average Bonchev–Trinajstić information content (AvgIpc) is 3.69. The van der Waals surface area contributed by atoms with E-state index in [2.05, 4.69) is 25.8 Å². The highest BCUT2D eigenvalue weighted by atomic mass is 35.5. The van der Waals surface area contributed by atoms with Gasteiger partial charge in [0.05, 0.1) is 24.4 Å². The van der Waals surface area contributed by atoms with E-state index in [0.29, 0.717) is 44.1 Å². The van der Waals surface area contributed by atoms with Crippen LogP contribution in [0.2, 0.25) is 5.02 Å². The summed E-state index contributed by atoms with van der Waals surface area (Å²) < 4.78 is 39.7. The Kier molecular flexibility index (Phi) is 9.92. The van der Waals surface area contributed by atoms with E-state index in [-0.39, 0.29) is 57.6 Å². The van der Waals surface area contributed by atoms with E-state index < -0.39 is 12.5 Å². The van der Waals surface area contributed by atoms with Gasteiger partial charge < -0.3 is 25.0 Å². The molecular formula is C31H33ClF2N8O5. The first-order chi connectivity index (χ1) is 22.7. The molecule has 2 saturated heterocycles. The van der Waals surface area contributed by atoms with Gasteiger partial charge in [-0.3, -0.25) is 19.1 Å². The molecule has 2 aliphatic rings. The van der Waals surface area contributed by atoms with Crippen LogP contribution in [0.1, 0.15) is 36.0 Å². The molecule has 0 unspecified atom stereocenters. The van der Waals surface area contributed by atoms with Gasteiger partial charge >= 0.3 is 12.6 Å². The van der Waals surface area contributed by atoms with E-state index in [9.17, 15) is 23.2 Å². The molecule has 16 heteroatoms. The van der Waals surface area contributed by atoms with Gasteiger partial charge in [-0.05, 0) is 69.0 Å². The van der Waals surface area contributed by atoms with Crippen molar-refractivity contribution in [2.75, 3.05) is 38.1 Å². The summed E-state index contributed by atoms with van der Waals surface area (Å²) in [6.45, 7) is -0.332. The predicted octanol–water partition coefficient (Wildman–Crippen LogP) is 3.88. The minimum Gasteiger partial charge on any atom is -0.465 e. The summed E-state index contributed by atoms with van der Waals surface area (Å²) in [5, 5.41) is 14.9. The maximum absolute atomic E-state index is 13.4. The van der Waals surface area contributed by atoms with E-state index in [1.54, 1.807) is 17.2 Å². The average molecular weight is 671 g/mol. The summed E-state index contributed by atoms with van der Waals surface area (Å²) in [5.74, 6) is -1.19. The van der Waals surface area contributed by atoms with Crippen LogP contribution in [0.5, 0.6) is 5.75 Å². The lowest BCUT2D eigenvalue weighted by Gasteiger charge is -2.31. The number of rotatable bonds is 10. The molecule has 0 spiro atoms. The lowest BCUT2D eigenvalue weighted by atomic mass is 9.96. The molecule has 0 radical (unpaired) electrons. The van der Waals surface area contributed by atoms with Crippen molar-refractivity contribution in [3.05, 3.63) is 59.6 Å². The van der Waals surface area contributed by atoms with E-state index in [4.69, 9.17) is 21.1 Å². The molecule has 248 valence electrons. The second-order valence-corrected chi connectivity index (χ2v) is 11.9. The summed E-state index contributed by atoms with van der Waals surface area (Å²) in [7, 11) is 0. The number of aromatic nitrogens is 5. The Morgan fingerprint density at radius 3 is 2.68 bits per heavy atom. The van der Waals surface area contributed by atoms with Crippen LogP contribution in [0.15, 0.2) is 49.1 Å². The molecule has 0 bridgehead atoms. The standard InChI is InChI=1S/C31H33ClF2N8O5/c32-21-2-3-25(47-31(33)34)22(14-21)27-24(38-29(44)23-15-37-42-11-1-8-36-28(23)42)16-41(39-27)17-26(43)40-12-6-20(7-13-40)30(45)46-18-19-4-9-35-10-5-19/h1-3,8,11,14-16,19-20,31,35H,4-7,9-10,12-13,17-18H2,(H,38,44). The summed E-state index contributed by atoms with van der Waals surface area (Å²) in [6.07, 6.45) is 8.86. The second-order valence-electron chi connectivity index (χ2n) is 11.5. The van der Waals surface area contributed by atoms with Crippen molar-refractivity contribution in [2.45, 2.75) is 38.8 Å². The molecule has 2 N–H and O–H groups in total. The van der Waals surface area contributed by atoms with Crippen LogP contribution in [0.3, 0.4) is 0 Å². The smallest absolute Gasteiger partial charge is 0.387 e. The molecule has 2 fully saturated rings. The molecular weight excluding hydrogens is 638 g/mol. The number of carbonyl (C=O) groups excluding carboxylic acids is 3. The summed E-state index contributed by atoms with van der Waals surface area (Å²) in [5.41, 5.74) is 0.726. The summed E-state index contributed by atoms with van der Waals surface area (Å²) >= 11 is 6.21. The minimum absolute atomic E-state index is 0.0592. The normalized spacial score (nSPS) is 16.0. The van der Waals surface area contributed by atoms with Crippen LogP contribution in [-0.4, -0.2) is 86.5 Å². The molecule has 2 amide bonds. The van der Waals surface area contributed by atoms with Crippen LogP contribution in [0, 0.1) is 11.8 Å². The Morgan fingerprint density at radius 2 is 1.91 bits per heavy atom. The number of alkyl halides is 2. The number of carbonyl (C=O) groups is 3. The summed E-state index contributed by atoms with van der Waals surface area (Å²) in [4.78, 5) is 45.2. The molecule has 4 aromatic rings. The first-order valence-corrected chi connectivity index (χ1v) is 15.7. The molecule has 47 heavy (non-hydrogen) atoms. The number of ether oxygens (including phenoxy) is 2. The third-order valence-corrected chi connectivity index (χ3v) is 8.58. The zero-order chi connectivity index (χ0) is 32.9. The zero-order valence-electron chi connectivity index (χ0n) is 25.3. The Morgan fingerprint density at radius 1 is 1.13 bits per heavy atom. The van der Waals surface area contributed by atoms with Gasteiger partial charge in [0.25, 0.3) is 5.91 Å². The lowest BCUT2D eigenvalue weighted by Crippen LogP contribution is -2.42. The minimum atomic E-state index is -3.13. The highest BCUT2D eigenvalue weighted by molar-refractivity contribution is 6.31. The second kappa shape index (κ2) is 14.4. The zero-order valence-corrected chi connectivity index (χ0v) is 26.0. The van der Waals surface area contributed by atoms with Gasteiger partial charge in [0.15, 0.2) is 5.65 Å². The number of benzene rings is 1. The SMILES string of the molecule is O=C(Nc1cn(CC(=O)N2CCC(C(=O)OCC3CCNCC3)CC2)nc1-c1cc(Cl)ccc1OC(F)F)c1cnn2cccnc12. The van der Waals surface area contributed by atoms with Crippen molar-refractivity contribution in [1.29, 1.82) is 0 Å². The van der Waals surface area contributed by atoms with Crippen LogP contribution in [0.4, 0.5) is 14.5 Å². The van der Waals surface area contributed by atoms with E-state index in [1.165, 1.54) is 46.0 Å². The third-order valence-electron chi connectivity index (χ3n) is 8.34. The fourth-order valence-electron chi connectivity index (χ4n) is 5.83. The molecule has 2 aliphatic heterocycles. The van der Waals surface area contributed by atoms with Gasteiger partial charge in [0.2, 0.25) is 5.91 Å². The van der Waals surface area contributed by atoms with Crippen LogP contribution in [0.25, 0.3) is 16.9 Å². The Hall–Kier alpha value is -4.63. The molecule has 6 rings (SSSR count). The Labute approximate surface area is 273 Å². The molecule has 0 aliphatic carbocycles. The van der Waals surface area contributed by atoms with Crippen molar-refractivity contribution in [1.82, 2.24) is 34.6 Å². The van der Waals surface area contributed by atoms with E-state index in [0.717, 1.165) is 25.9 Å². The van der Waals surface area contributed by atoms with Gasteiger partial charge in [-0.1, -0.05) is 11.6 Å². The Balaban J connectivity index is 1.17. The molecule has 0 saturated carbocycles. The van der Waals surface area contributed by atoms with Gasteiger partial charge in [-0.15, -0.1) is 0 Å². The van der Waals surface area contributed by atoms with Crippen molar-refractivity contribution in [2.24, 2.45) is 11.8 Å². The number of anilines is 1. The third kappa shape index (κ3) is 7.68. The van der Waals surface area contributed by atoms with Gasteiger partial charge in [0.1, 0.15) is 23.6 Å². The highest BCUT2D eigenvalue weighted by Gasteiger charge is 2.30. The van der Waals surface area contributed by atoms with E-state index >= 15 is 0 Å². The fraction of sp³-hybridized carbons (Fsp3) is 0.419. The quantitative estimate of drug-likeness (QED) is 0.240. The first-order valence-electron chi connectivity index (χ1n) is 15.3. The molecule has 5 heterocycles. The molecule has 3 aromatic heterocycles. The number of nitrogens with one attached hydrogen (secondary N) is 2. The molecule has 1 aromatic carbocycles. The van der Waals surface area contributed by atoms with Crippen LogP contribution in [-0.2, 0) is 20.9 Å². The topological polar surface area (TPSA) is 145 Å². The first kappa shape index (κ1) is 32.3.